The molecule has 6 nitrogen and oxygen atoms in total. The molecule has 1 fully saturated rings. The first-order chi connectivity index (χ1) is 13.6. The highest BCUT2D eigenvalue weighted by atomic mass is 35.5. The first-order valence-electron chi connectivity index (χ1n) is 9.43. The Morgan fingerprint density at radius 3 is 2.57 bits per heavy atom. The van der Waals surface area contributed by atoms with Gasteiger partial charge in [-0.15, -0.1) is 0 Å². The fraction of sp³-hybridized carbons (Fsp3) is 0.381. The van der Waals surface area contributed by atoms with E-state index < -0.39 is 0 Å². The maximum atomic E-state index is 10.1. The number of rotatable bonds is 5. The molecular formula is C21H27ClN4O2. The van der Waals surface area contributed by atoms with Crippen LogP contribution in [0.5, 0.6) is 11.5 Å². The van der Waals surface area contributed by atoms with Gasteiger partial charge in [0.15, 0.2) is 5.96 Å². The standard InChI is InChI=1S/C21H27ClN4O2/c1-23-21(24-10-9-16-7-8-17(28-2)15-18(16)22)26-13-11-25(12-14-26)19-5-3-4-6-20(19)27/h3-8,15,27H,9-14H2,1-2H3,(H,23,24). The Morgan fingerprint density at radius 2 is 1.93 bits per heavy atom. The molecule has 0 amide bonds. The van der Waals surface area contributed by atoms with E-state index >= 15 is 0 Å². The van der Waals surface area contributed by atoms with Crippen molar-refractivity contribution in [2.45, 2.75) is 6.42 Å². The van der Waals surface area contributed by atoms with Gasteiger partial charge in [-0.25, -0.2) is 0 Å². The highest BCUT2D eigenvalue weighted by Gasteiger charge is 2.21. The Hall–Kier alpha value is -2.60. The van der Waals surface area contributed by atoms with Gasteiger partial charge in [0.05, 0.1) is 12.8 Å². The van der Waals surface area contributed by atoms with Crippen LogP contribution in [0.4, 0.5) is 5.69 Å². The third-order valence-corrected chi connectivity index (χ3v) is 5.30. The number of hydrogen-bond acceptors (Lipinski definition) is 4. The molecule has 7 heteroatoms. The summed E-state index contributed by atoms with van der Waals surface area (Å²) in [5, 5.41) is 14.2. The number of benzene rings is 2. The van der Waals surface area contributed by atoms with Gasteiger partial charge in [-0.05, 0) is 36.2 Å². The molecule has 0 radical (unpaired) electrons. The van der Waals surface area contributed by atoms with E-state index in [2.05, 4.69) is 20.1 Å². The number of methoxy groups -OCH3 is 1. The van der Waals surface area contributed by atoms with Crippen LogP contribution in [0.25, 0.3) is 0 Å². The molecule has 0 spiro atoms. The molecule has 2 aromatic rings. The normalized spacial score (nSPS) is 14.9. The monoisotopic (exact) mass is 402 g/mol. The summed E-state index contributed by atoms with van der Waals surface area (Å²) in [5.74, 6) is 1.98. The SMILES string of the molecule is CN=C(NCCc1ccc(OC)cc1Cl)N1CCN(c2ccccc2O)CC1. The van der Waals surface area contributed by atoms with Crippen LogP contribution < -0.4 is 15.0 Å². The zero-order valence-corrected chi connectivity index (χ0v) is 17.1. The third-order valence-electron chi connectivity index (χ3n) is 4.95. The van der Waals surface area contributed by atoms with Crippen LogP contribution in [0.2, 0.25) is 5.02 Å². The van der Waals surface area contributed by atoms with E-state index in [4.69, 9.17) is 16.3 Å². The van der Waals surface area contributed by atoms with Gasteiger partial charge in [-0.2, -0.15) is 0 Å². The molecule has 1 aliphatic rings. The summed E-state index contributed by atoms with van der Waals surface area (Å²) < 4.78 is 5.19. The molecule has 1 heterocycles. The molecule has 0 unspecified atom stereocenters. The van der Waals surface area contributed by atoms with Gasteiger partial charge in [0.25, 0.3) is 0 Å². The van der Waals surface area contributed by atoms with Crippen LogP contribution in [0.1, 0.15) is 5.56 Å². The second-order valence-electron chi connectivity index (χ2n) is 6.64. The zero-order valence-electron chi connectivity index (χ0n) is 16.4. The summed E-state index contributed by atoms with van der Waals surface area (Å²) in [7, 11) is 3.44. The minimum atomic E-state index is 0.329. The Bertz CT molecular complexity index is 820. The lowest BCUT2D eigenvalue weighted by Crippen LogP contribution is -2.52. The van der Waals surface area contributed by atoms with Crippen molar-refractivity contribution in [3.05, 3.63) is 53.1 Å². The van der Waals surface area contributed by atoms with Gasteiger partial charge in [-0.1, -0.05) is 29.8 Å². The lowest BCUT2D eigenvalue weighted by Gasteiger charge is -2.37. The summed E-state index contributed by atoms with van der Waals surface area (Å²) in [4.78, 5) is 8.87. The zero-order chi connectivity index (χ0) is 19.9. The van der Waals surface area contributed by atoms with Crippen LogP contribution in [-0.4, -0.2) is 62.8 Å². The number of phenolic OH excluding ortho intramolecular Hbond substituents is 1. The predicted octanol–water partition coefficient (Wildman–Crippen LogP) is 2.99. The number of piperazine rings is 1. The topological polar surface area (TPSA) is 60.3 Å². The largest absolute Gasteiger partial charge is 0.506 e. The molecule has 0 bridgehead atoms. The number of ether oxygens (including phenoxy) is 1. The summed E-state index contributed by atoms with van der Waals surface area (Å²) in [6.45, 7) is 4.11. The number of hydrogen-bond donors (Lipinski definition) is 2. The van der Waals surface area contributed by atoms with Crippen molar-refractivity contribution in [2.24, 2.45) is 4.99 Å². The Kier molecular flexibility index (Phi) is 6.87. The number of nitrogens with one attached hydrogen (secondary N) is 1. The lowest BCUT2D eigenvalue weighted by atomic mass is 10.1. The van der Waals surface area contributed by atoms with E-state index in [0.717, 1.165) is 62.1 Å². The number of aromatic hydroxyl groups is 1. The Labute approximate surface area is 171 Å². The highest BCUT2D eigenvalue weighted by molar-refractivity contribution is 6.31. The summed E-state index contributed by atoms with van der Waals surface area (Å²) >= 11 is 6.32. The van der Waals surface area contributed by atoms with Gasteiger partial charge < -0.3 is 25.0 Å². The average molecular weight is 403 g/mol. The maximum absolute atomic E-state index is 10.1. The first-order valence-corrected chi connectivity index (χ1v) is 9.81. The van der Waals surface area contributed by atoms with Crippen molar-refractivity contribution in [3.8, 4) is 11.5 Å². The van der Waals surface area contributed by atoms with Crippen molar-refractivity contribution in [1.82, 2.24) is 10.2 Å². The van der Waals surface area contributed by atoms with Crippen molar-refractivity contribution < 1.29 is 9.84 Å². The Morgan fingerprint density at radius 1 is 1.18 bits per heavy atom. The maximum Gasteiger partial charge on any atom is 0.193 e. The molecule has 150 valence electrons. The Balaban J connectivity index is 1.51. The van der Waals surface area contributed by atoms with Crippen molar-refractivity contribution in [3.63, 3.8) is 0 Å². The molecule has 28 heavy (non-hydrogen) atoms. The number of guanidine groups is 1. The van der Waals surface area contributed by atoms with Gasteiger partial charge in [0.2, 0.25) is 0 Å². The van der Waals surface area contributed by atoms with Crippen molar-refractivity contribution in [2.75, 3.05) is 51.8 Å². The number of phenols is 1. The second kappa shape index (κ2) is 9.55. The van der Waals surface area contributed by atoms with Crippen LogP contribution in [0, 0.1) is 0 Å². The highest BCUT2D eigenvalue weighted by Crippen LogP contribution is 2.27. The number of aliphatic imine (C=N–C) groups is 1. The third kappa shape index (κ3) is 4.81. The van der Waals surface area contributed by atoms with Crippen LogP contribution in [0.15, 0.2) is 47.5 Å². The van der Waals surface area contributed by atoms with Crippen LogP contribution in [-0.2, 0) is 6.42 Å². The fourth-order valence-corrected chi connectivity index (χ4v) is 3.65. The molecule has 0 atom stereocenters. The molecule has 0 aliphatic carbocycles. The van der Waals surface area contributed by atoms with E-state index in [-0.39, 0.29) is 0 Å². The van der Waals surface area contributed by atoms with Gasteiger partial charge in [0, 0.05) is 44.8 Å². The molecule has 3 rings (SSSR count). The molecule has 1 aliphatic heterocycles. The van der Waals surface area contributed by atoms with Gasteiger partial charge >= 0.3 is 0 Å². The lowest BCUT2D eigenvalue weighted by molar-refractivity contribution is 0.370. The minimum Gasteiger partial charge on any atom is -0.506 e. The summed E-state index contributed by atoms with van der Waals surface area (Å²) in [6, 6.07) is 13.2. The molecule has 0 saturated carbocycles. The number of para-hydroxylation sites is 2. The average Bonchev–Trinajstić information content (AvgIpc) is 2.73. The summed E-state index contributed by atoms with van der Waals surface area (Å²) in [6.07, 6.45) is 0.805. The minimum absolute atomic E-state index is 0.329. The van der Waals surface area contributed by atoms with Gasteiger partial charge in [-0.3, -0.25) is 4.99 Å². The molecule has 2 aromatic carbocycles. The molecule has 1 saturated heterocycles. The van der Waals surface area contributed by atoms with E-state index in [1.165, 1.54) is 0 Å². The van der Waals surface area contributed by atoms with E-state index in [9.17, 15) is 5.11 Å². The number of anilines is 1. The quantitative estimate of drug-likeness (QED) is 0.594. The number of nitrogens with zero attached hydrogens (tertiary/aromatic N) is 3. The van der Waals surface area contributed by atoms with Crippen molar-refractivity contribution >= 4 is 23.2 Å². The fourth-order valence-electron chi connectivity index (χ4n) is 3.39. The van der Waals surface area contributed by atoms with E-state index in [0.29, 0.717) is 10.8 Å². The van der Waals surface area contributed by atoms with Crippen molar-refractivity contribution in [1.29, 1.82) is 0 Å². The predicted molar refractivity (Wildman–Crippen MR) is 115 cm³/mol. The molecular weight excluding hydrogens is 376 g/mol. The summed E-state index contributed by atoms with van der Waals surface area (Å²) in [5.41, 5.74) is 1.97. The number of halogens is 1. The van der Waals surface area contributed by atoms with Gasteiger partial charge in [0.1, 0.15) is 11.5 Å². The van der Waals surface area contributed by atoms with E-state index in [1.807, 2.05) is 36.4 Å². The van der Waals surface area contributed by atoms with Crippen LogP contribution in [0.3, 0.4) is 0 Å². The second-order valence-corrected chi connectivity index (χ2v) is 7.05. The first kappa shape index (κ1) is 20.1. The smallest absolute Gasteiger partial charge is 0.193 e. The molecule has 0 aromatic heterocycles. The van der Waals surface area contributed by atoms with E-state index in [1.54, 1.807) is 20.2 Å². The molecule has 2 N–H and O–H groups in total. The van der Waals surface area contributed by atoms with Crippen LogP contribution >= 0.6 is 11.6 Å².